The number of rotatable bonds is 6. The van der Waals surface area contributed by atoms with Gasteiger partial charge in [0, 0.05) is 19.6 Å². The molecule has 0 aliphatic carbocycles. The SMILES string of the molecule is NC(=O)CNC(=O)C[C@H]1C(=O)NCCN1Cc1cccc(F)c1. The number of carbonyl (C=O) groups is 3. The summed E-state index contributed by atoms with van der Waals surface area (Å²) >= 11 is 0. The van der Waals surface area contributed by atoms with Crippen LogP contribution in [-0.4, -0.2) is 48.3 Å². The smallest absolute Gasteiger partial charge is 0.237 e. The monoisotopic (exact) mass is 322 g/mol. The maximum Gasteiger partial charge on any atom is 0.237 e. The van der Waals surface area contributed by atoms with Crippen LogP contribution in [0.3, 0.4) is 0 Å². The third kappa shape index (κ3) is 5.03. The number of hydrogen-bond acceptors (Lipinski definition) is 4. The Morgan fingerprint density at radius 2 is 2.22 bits per heavy atom. The molecule has 3 amide bonds. The number of hydrogen-bond donors (Lipinski definition) is 3. The molecule has 7 nitrogen and oxygen atoms in total. The molecule has 1 aromatic rings. The summed E-state index contributed by atoms with van der Waals surface area (Å²) in [5, 5.41) is 5.07. The average Bonchev–Trinajstić information content (AvgIpc) is 2.49. The quantitative estimate of drug-likeness (QED) is 0.632. The molecule has 0 bridgehead atoms. The fourth-order valence-corrected chi connectivity index (χ4v) is 2.48. The van der Waals surface area contributed by atoms with Crippen molar-refractivity contribution in [2.75, 3.05) is 19.6 Å². The number of piperazine rings is 1. The molecule has 2 rings (SSSR count). The molecule has 8 heteroatoms. The second kappa shape index (κ2) is 7.68. The van der Waals surface area contributed by atoms with Crippen LogP contribution >= 0.6 is 0 Å². The zero-order chi connectivity index (χ0) is 16.8. The van der Waals surface area contributed by atoms with Gasteiger partial charge in [0.15, 0.2) is 0 Å². The molecular weight excluding hydrogens is 303 g/mol. The zero-order valence-electron chi connectivity index (χ0n) is 12.5. The van der Waals surface area contributed by atoms with E-state index in [1.807, 2.05) is 4.90 Å². The van der Waals surface area contributed by atoms with E-state index in [0.717, 1.165) is 5.56 Å². The Hall–Kier alpha value is -2.48. The predicted octanol–water partition coefficient (Wildman–Crippen LogP) is -0.882. The molecule has 1 aliphatic heterocycles. The Morgan fingerprint density at radius 1 is 1.43 bits per heavy atom. The van der Waals surface area contributed by atoms with Crippen LogP contribution in [0.4, 0.5) is 4.39 Å². The van der Waals surface area contributed by atoms with Gasteiger partial charge in [-0.25, -0.2) is 4.39 Å². The van der Waals surface area contributed by atoms with E-state index in [4.69, 9.17) is 5.73 Å². The van der Waals surface area contributed by atoms with Gasteiger partial charge >= 0.3 is 0 Å². The van der Waals surface area contributed by atoms with E-state index in [1.54, 1.807) is 12.1 Å². The fraction of sp³-hybridized carbons (Fsp3) is 0.400. The van der Waals surface area contributed by atoms with Crippen molar-refractivity contribution in [2.24, 2.45) is 5.73 Å². The summed E-state index contributed by atoms with van der Waals surface area (Å²) in [6.45, 7) is 1.11. The number of benzene rings is 1. The van der Waals surface area contributed by atoms with Crippen molar-refractivity contribution in [2.45, 2.75) is 19.0 Å². The highest BCUT2D eigenvalue weighted by atomic mass is 19.1. The molecule has 23 heavy (non-hydrogen) atoms. The summed E-state index contributed by atoms with van der Waals surface area (Å²) in [5.41, 5.74) is 5.69. The third-order valence-electron chi connectivity index (χ3n) is 3.55. The first kappa shape index (κ1) is 16.9. The van der Waals surface area contributed by atoms with Crippen molar-refractivity contribution >= 4 is 17.7 Å². The molecule has 1 aromatic carbocycles. The molecule has 124 valence electrons. The number of primary amides is 1. The van der Waals surface area contributed by atoms with Gasteiger partial charge in [-0.3, -0.25) is 19.3 Å². The normalized spacial score (nSPS) is 18.3. The standard InChI is InChI=1S/C15H19FN4O3/c16-11-3-1-2-10(6-11)9-20-5-4-18-15(23)12(20)7-14(22)19-8-13(17)21/h1-3,6,12H,4-5,7-9H2,(H2,17,21)(H,18,23)(H,19,22)/t12-/m0/s1. The molecular formula is C15H19FN4O3. The summed E-state index contributed by atoms with van der Waals surface area (Å²) in [7, 11) is 0. The lowest BCUT2D eigenvalue weighted by Gasteiger charge is -2.34. The Labute approximate surface area is 133 Å². The van der Waals surface area contributed by atoms with Crippen molar-refractivity contribution in [1.29, 1.82) is 0 Å². The number of amides is 3. The number of nitrogens with zero attached hydrogens (tertiary/aromatic N) is 1. The van der Waals surface area contributed by atoms with Crippen LogP contribution < -0.4 is 16.4 Å². The molecule has 1 saturated heterocycles. The first-order chi connectivity index (χ1) is 11.0. The van der Waals surface area contributed by atoms with Gasteiger partial charge in [-0.05, 0) is 17.7 Å². The van der Waals surface area contributed by atoms with E-state index in [1.165, 1.54) is 12.1 Å². The lowest BCUT2D eigenvalue weighted by Crippen LogP contribution is -2.56. The van der Waals surface area contributed by atoms with Crippen LogP contribution in [0.2, 0.25) is 0 Å². The number of halogens is 1. The van der Waals surface area contributed by atoms with E-state index in [-0.39, 0.29) is 24.7 Å². The fourth-order valence-electron chi connectivity index (χ4n) is 2.48. The third-order valence-corrected chi connectivity index (χ3v) is 3.55. The van der Waals surface area contributed by atoms with Gasteiger partial charge < -0.3 is 16.4 Å². The van der Waals surface area contributed by atoms with Crippen LogP contribution in [0.5, 0.6) is 0 Å². The molecule has 1 aliphatic rings. The molecule has 0 saturated carbocycles. The minimum absolute atomic E-state index is 0.0889. The Bertz CT molecular complexity index is 608. The van der Waals surface area contributed by atoms with Gasteiger partial charge in [0.2, 0.25) is 17.7 Å². The van der Waals surface area contributed by atoms with Gasteiger partial charge in [-0.1, -0.05) is 12.1 Å². The Balaban J connectivity index is 2.02. The average molecular weight is 322 g/mol. The maximum atomic E-state index is 13.3. The van der Waals surface area contributed by atoms with Gasteiger partial charge in [0.25, 0.3) is 0 Å². The van der Waals surface area contributed by atoms with Crippen molar-refractivity contribution < 1.29 is 18.8 Å². The van der Waals surface area contributed by atoms with Crippen molar-refractivity contribution in [1.82, 2.24) is 15.5 Å². The maximum absolute atomic E-state index is 13.3. The number of nitrogens with two attached hydrogens (primary N) is 1. The molecule has 0 unspecified atom stereocenters. The van der Waals surface area contributed by atoms with Crippen LogP contribution in [0.1, 0.15) is 12.0 Å². The van der Waals surface area contributed by atoms with E-state index < -0.39 is 17.9 Å². The summed E-state index contributed by atoms with van der Waals surface area (Å²) < 4.78 is 13.3. The first-order valence-electron chi connectivity index (χ1n) is 7.27. The molecule has 0 spiro atoms. The predicted molar refractivity (Wildman–Crippen MR) is 80.4 cm³/mol. The van der Waals surface area contributed by atoms with Crippen LogP contribution in [0.15, 0.2) is 24.3 Å². The highest BCUT2D eigenvalue weighted by Gasteiger charge is 2.31. The summed E-state index contributed by atoms with van der Waals surface area (Å²) in [4.78, 5) is 36.4. The molecule has 4 N–H and O–H groups in total. The molecule has 1 fully saturated rings. The van der Waals surface area contributed by atoms with E-state index >= 15 is 0 Å². The van der Waals surface area contributed by atoms with E-state index in [2.05, 4.69) is 10.6 Å². The second-order valence-corrected chi connectivity index (χ2v) is 5.35. The van der Waals surface area contributed by atoms with E-state index in [9.17, 15) is 18.8 Å². The first-order valence-corrected chi connectivity index (χ1v) is 7.27. The van der Waals surface area contributed by atoms with Gasteiger partial charge in [0.05, 0.1) is 19.0 Å². The summed E-state index contributed by atoms with van der Waals surface area (Å²) in [5.74, 6) is -1.69. The number of nitrogens with one attached hydrogen (secondary N) is 2. The zero-order valence-corrected chi connectivity index (χ0v) is 12.5. The van der Waals surface area contributed by atoms with Crippen molar-refractivity contribution in [3.05, 3.63) is 35.6 Å². The lowest BCUT2D eigenvalue weighted by atomic mass is 10.1. The molecule has 1 heterocycles. The number of carbonyl (C=O) groups excluding carboxylic acids is 3. The molecule has 1 atom stereocenters. The van der Waals surface area contributed by atoms with Crippen LogP contribution in [-0.2, 0) is 20.9 Å². The van der Waals surface area contributed by atoms with Crippen molar-refractivity contribution in [3.8, 4) is 0 Å². The molecule has 0 aromatic heterocycles. The Morgan fingerprint density at radius 3 is 2.91 bits per heavy atom. The second-order valence-electron chi connectivity index (χ2n) is 5.35. The van der Waals surface area contributed by atoms with Crippen LogP contribution in [0, 0.1) is 5.82 Å². The highest BCUT2D eigenvalue weighted by Crippen LogP contribution is 2.14. The molecule has 0 radical (unpaired) electrons. The van der Waals surface area contributed by atoms with Gasteiger partial charge in [-0.2, -0.15) is 0 Å². The Kier molecular flexibility index (Phi) is 5.64. The van der Waals surface area contributed by atoms with Gasteiger partial charge in [-0.15, -0.1) is 0 Å². The topological polar surface area (TPSA) is 105 Å². The largest absolute Gasteiger partial charge is 0.368 e. The van der Waals surface area contributed by atoms with Crippen molar-refractivity contribution in [3.63, 3.8) is 0 Å². The minimum atomic E-state index is -0.667. The minimum Gasteiger partial charge on any atom is -0.368 e. The lowest BCUT2D eigenvalue weighted by molar-refractivity contribution is -0.134. The summed E-state index contributed by atoms with van der Waals surface area (Å²) in [6.07, 6.45) is -0.0889. The highest BCUT2D eigenvalue weighted by molar-refractivity contribution is 5.90. The van der Waals surface area contributed by atoms with Gasteiger partial charge in [0.1, 0.15) is 5.82 Å². The van der Waals surface area contributed by atoms with Crippen LogP contribution in [0.25, 0.3) is 0 Å². The van der Waals surface area contributed by atoms with E-state index in [0.29, 0.717) is 19.6 Å². The summed E-state index contributed by atoms with van der Waals surface area (Å²) in [6, 6.07) is 5.45.